The normalized spacial score (nSPS) is 10.6. The van der Waals surface area contributed by atoms with E-state index in [1.165, 1.54) is 11.0 Å². The molecule has 0 fully saturated rings. The molecule has 0 spiro atoms. The molecule has 4 aromatic rings. The van der Waals surface area contributed by atoms with Crippen LogP contribution < -0.4 is 10.1 Å². The number of rotatable bonds is 5. The first-order chi connectivity index (χ1) is 13.7. The van der Waals surface area contributed by atoms with Crippen molar-refractivity contribution in [2.75, 3.05) is 12.4 Å². The summed E-state index contributed by atoms with van der Waals surface area (Å²) in [5.41, 5.74) is 2.62. The largest absolute Gasteiger partial charge is 0.494 e. The SMILES string of the molecule is COc1ccc(C(=O)Nc2c(-c3ccccc3)ncn2C)cc1-n1cnnn1. The maximum atomic E-state index is 12.9. The van der Waals surface area contributed by atoms with Gasteiger partial charge < -0.3 is 14.6 Å². The van der Waals surface area contributed by atoms with E-state index < -0.39 is 0 Å². The molecule has 4 rings (SSSR count). The van der Waals surface area contributed by atoms with Gasteiger partial charge in [-0.25, -0.2) is 4.98 Å². The van der Waals surface area contributed by atoms with E-state index >= 15 is 0 Å². The van der Waals surface area contributed by atoms with E-state index in [-0.39, 0.29) is 5.91 Å². The molecule has 0 bridgehead atoms. The van der Waals surface area contributed by atoms with Gasteiger partial charge in [0.1, 0.15) is 29.3 Å². The number of aromatic nitrogens is 6. The molecule has 0 radical (unpaired) electrons. The molecule has 1 N–H and O–H groups in total. The highest BCUT2D eigenvalue weighted by molar-refractivity contribution is 6.05. The van der Waals surface area contributed by atoms with Crippen molar-refractivity contribution in [2.45, 2.75) is 0 Å². The number of carbonyl (C=O) groups is 1. The molecule has 0 atom stereocenters. The van der Waals surface area contributed by atoms with Gasteiger partial charge in [0.2, 0.25) is 0 Å². The van der Waals surface area contributed by atoms with E-state index in [4.69, 9.17) is 4.74 Å². The Morgan fingerprint density at radius 1 is 1.11 bits per heavy atom. The molecule has 9 heteroatoms. The van der Waals surface area contributed by atoms with Crippen LogP contribution in [0.1, 0.15) is 10.4 Å². The van der Waals surface area contributed by atoms with Crippen molar-refractivity contribution in [2.24, 2.45) is 7.05 Å². The molecule has 0 aliphatic carbocycles. The molecule has 0 aliphatic rings. The fourth-order valence-electron chi connectivity index (χ4n) is 2.85. The number of benzene rings is 2. The summed E-state index contributed by atoms with van der Waals surface area (Å²) in [6.45, 7) is 0. The van der Waals surface area contributed by atoms with E-state index in [9.17, 15) is 4.79 Å². The van der Waals surface area contributed by atoms with Crippen molar-refractivity contribution < 1.29 is 9.53 Å². The number of nitrogens with zero attached hydrogens (tertiary/aromatic N) is 6. The molecule has 2 aromatic heterocycles. The first-order valence-corrected chi connectivity index (χ1v) is 8.47. The van der Waals surface area contributed by atoms with Crippen LogP contribution in [0.4, 0.5) is 5.82 Å². The minimum atomic E-state index is -0.280. The molecule has 0 aliphatic heterocycles. The zero-order chi connectivity index (χ0) is 19.5. The van der Waals surface area contributed by atoms with Gasteiger partial charge in [-0.1, -0.05) is 30.3 Å². The van der Waals surface area contributed by atoms with Crippen molar-refractivity contribution in [3.63, 3.8) is 0 Å². The Morgan fingerprint density at radius 3 is 2.64 bits per heavy atom. The van der Waals surface area contributed by atoms with Crippen LogP contribution in [0, 0.1) is 0 Å². The average Bonchev–Trinajstić information content (AvgIpc) is 3.39. The monoisotopic (exact) mass is 375 g/mol. The van der Waals surface area contributed by atoms with Crippen LogP contribution in [-0.4, -0.2) is 42.8 Å². The maximum Gasteiger partial charge on any atom is 0.256 e. The van der Waals surface area contributed by atoms with Gasteiger partial charge in [0.25, 0.3) is 5.91 Å². The highest BCUT2D eigenvalue weighted by Gasteiger charge is 2.17. The lowest BCUT2D eigenvalue weighted by Gasteiger charge is -2.11. The Kier molecular flexibility index (Phi) is 4.55. The molecule has 0 saturated heterocycles. The summed E-state index contributed by atoms with van der Waals surface area (Å²) in [6.07, 6.45) is 3.10. The number of tetrazole rings is 1. The zero-order valence-corrected chi connectivity index (χ0v) is 15.3. The van der Waals surface area contributed by atoms with E-state index in [1.54, 1.807) is 36.2 Å². The van der Waals surface area contributed by atoms with Crippen LogP contribution in [-0.2, 0) is 7.05 Å². The summed E-state index contributed by atoms with van der Waals surface area (Å²) in [4.78, 5) is 17.3. The van der Waals surface area contributed by atoms with Crippen molar-refractivity contribution in [3.05, 3.63) is 66.7 Å². The Balaban J connectivity index is 1.67. The van der Waals surface area contributed by atoms with E-state index in [0.29, 0.717) is 28.5 Å². The van der Waals surface area contributed by atoms with Gasteiger partial charge in [0, 0.05) is 18.2 Å². The van der Waals surface area contributed by atoms with Gasteiger partial charge in [0.15, 0.2) is 0 Å². The Hall–Kier alpha value is -4.01. The Morgan fingerprint density at radius 2 is 1.93 bits per heavy atom. The third-order valence-electron chi connectivity index (χ3n) is 4.25. The number of nitrogens with one attached hydrogen (secondary N) is 1. The van der Waals surface area contributed by atoms with Crippen LogP contribution in [0.5, 0.6) is 5.75 Å². The number of carbonyl (C=O) groups excluding carboxylic acids is 1. The molecule has 28 heavy (non-hydrogen) atoms. The second-order valence-corrected chi connectivity index (χ2v) is 6.01. The quantitative estimate of drug-likeness (QED) is 0.575. The number of imidazole rings is 1. The van der Waals surface area contributed by atoms with E-state index in [0.717, 1.165) is 5.56 Å². The van der Waals surface area contributed by atoms with Gasteiger partial charge in [-0.3, -0.25) is 4.79 Å². The van der Waals surface area contributed by atoms with Gasteiger partial charge >= 0.3 is 0 Å². The maximum absolute atomic E-state index is 12.9. The Labute approximate surface area is 160 Å². The lowest BCUT2D eigenvalue weighted by atomic mass is 10.1. The molecule has 140 valence electrons. The molecular weight excluding hydrogens is 358 g/mol. The molecule has 2 heterocycles. The van der Waals surface area contributed by atoms with Gasteiger partial charge in [-0.2, -0.15) is 4.68 Å². The first-order valence-electron chi connectivity index (χ1n) is 8.47. The molecule has 2 aromatic carbocycles. The van der Waals surface area contributed by atoms with E-state index in [2.05, 4.69) is 25.8 Å². The fourth-order valence-corrected chi connectivity index (χ4v) is 2.85. The molecule has 0 saturated carbocycles. The summed E-state index contributed by atoms with van der Waals surface area (Å²) >= 11 is 0. The zero-order valence-electron chi connectivity index (χ0n) is 15.3. The Bertz CT molecular complexity index is 1100. The topological polar surface area (TPSA) is 99.8 Å². The summed E-state index contributed by atoms with van der Waals surface area (Å²) < 4.78 is 8.55. The predicted molar refractivity (Wildman–Crippen MR) is 102 cm³/mol. The van der Waals surface area contributed by atoms with Crippen molar-refractivity contribution >= 4 is 11.7 Å². The number of hydrogen-bond donors (Lipinski definition) is 1. The van der Waals surface area contributed by atoms with Crippen LogP contribution in [0.2, 0.25) is 0 Å². The number of ether oxygens (including phenoxy) is 1. The van der Waals surface area contributed by atoms with E-state index in [1.807, 2.05) is 37.4 Å². The average molecular weight is 375 g/mol. The van der Waals surface area contributed by atoms with Crippen molar-refractivity contribution in [3.8, 4) is 22.7 Å². The summed E-state index contributed by atoms with van der Waals surface area (Å²) in [7, 11) is 3.38. The number of anilines is 1. The molecular formula is C19H17N7O2. The standard InChI is InChI=1S/C19H17N7O2/c1-25-11-20-17(13-6-4-3-5-7-13)18(25)22-19(27)14-8-9-16(28-2)15(10-14)26-12-21-23-24-26/h3-12H,1-2H3,(H,22,27). The van der Waals surface area contributed by atoms with Crippen molar-refractivity contribution in [1.82, 2.24) is 29.8 Å². The smallest absolute Gasteiger partial charge is 0.256 e. The van der Waals surface area contributed by atoms with Crippen LogP contribution in [0.15, 0.2) is 61.2 Å². The highest BCUT2D eigenvalue weighted by Crippen LogP contribution is 2.27. The summed E-state index contributed by atoms with van der Waals surface area (Å²) in [5.74, 6) is 0.878. The molecule has 9 nitrogen and oxygen atoms in total. The fraction of sp³-hybridized carbons (Fsp3) is 0.105. The number of amides is 1. The number of hydrogen-bond acceptors (Lipinski definition) is 6. The van der Waals surface area contributed by atoms with Gasteiger partial charge in [0.05, 0.1) is 13.4 Å². The minimum absolute atomic E-state index is 0.280. The van der Waals surface area contributed by atoms with Crippen LogP contribution >= 0.6 is 0 Å². The lowest BCUT2D eigenvalue weighted by Crippen LogP contribution is -2.15. The third-order valence-corrected chi connectivity index (χ3v) is 4.25. The van der Waals surface area contributed by atoms with Crippen LogP contribution in [0.3, 0.4) is 0 Å². The second kappa shape index (κ2) is 7.31. The number of aryl methyl sites for hydroxylation is 1. The van der Waals surface area contributed by atoms with Gasteiger partial charge in [-0.15, -0.1) is 5.10 Å². The molecule has 1 amide bonds. The second-order valence-electron chi connectivity index (χ2n) is 6.01. The van der Waals surface area contributed by atoms with Gasteiger partial charge in [-0.05, 0) is 28.6 Å². The highest BCUT2D eigenvalue weighted by atomic mass is 16.5. The summed E-state index contributed by atoms with van der Waals surface area (Å²) in [5, 5.41) is 14.1. The predicted octanol–water partition coefficient (Wildman–Crippen LogP) is 2.32. The lowest BCUT2D eigenvalue weighted by molar-refractivity contribution is 0.102. The van der Waals surface area contributed by atoms with Crippen molar-refractivity contribution in [1.29, 1.82) is 0 Å². The minimum Gasteiger partial charge on any atom is -0.494 e. The number of methoxy groups -OCH3 is 1. The third kappa shape index (κ3) is 3.20. The molecule has 0 unspecified atom stereocenters. The first kappa shape index (κ1) is 17.4. The van der Waals surface area contributed by atoms with Crippen LogP contribution in [0.25, 0.3) is 16.9 Å². The summed E-state index contributed by atoms with van der Waals surface area (Å²) in [6, 6.07) is 14.7.